The third-order valence-electron chi connectivity index (χ3n) is 3.83. The van der Waals surface area contributed by atoms with Crippen molar-refractivity contribution < 1.29 is 9.53 Å². The lowest BCUT2D eigenvalue weighted by atomic mass is 9.74. The summed E-state index contributed by atoms with van der Waals surface area (Å²) >= 11 is 0. The average molecular weight is 262 g/mol. The Balaban J connectivity index is 2.81. The van der Waals surface area contributed by atoms with Crippen LogP contribution in [0.1, 0.15) is 45.6 Å². The average Bonchev–Trinajstić information content (AvgIpc) is 2.43. The minimum atomic E-state index is -0.335. The number of aryl methyl sites for hydroxylation is 1. The Morgan fingerprint density at radius 2 is 1.89 bits per heavy atom. The number of carbonyl (C=O) groups is 1. The van der Waals surface area contributed by atoms with Crippen LogP contribution >= 0.6 is 0 Å². The molecular weight excluding hydrogens is 236 g/mol. The fourth-order valence-corrected chi connectivity index (χ4v) is 2.78. The van der Waals surface area contributed by atoms with Gasteiger partial charge in [0, 0.05) is 0 Å². The molecule has 0 N–H and O–H groups in total. The Morgan fingerprint density at radius 1 is 1.26 bits per heavy atom. The van der Waals surface area contributed by atoms with Gasteiger partial charge in [-0.05, 0) is 37.2 Å². The molecule has 1 rings (SSSR count). The lowest BCUT2D eigenvalue weighted by Crippen LogP contribution is -2.34. The molecule has 0 saturated heterocycles. The molecule has 1 unspecified atom stereocenters. The highest BCUT2D eigenvalue weighted by Gasteiger charge is 2.37. The zero-order chi connectivity index (χ0) is 14.3. The first-order valence-corrected chi connectivity index (χ1v) is 7.16. The molecule has 0 aliphatic rings. The number of carbonyl (C=O) groups excluding carboxylic acids is 1. The summed E-state index contributed by atoms with van der Waals surface area (Å²) in [7, 11) is 1.50. The normalized spacial score (nSPS) is 14.2. The summed E-state index contributed by atoms with van der Waals surface area (Å²) in [6.07, 6.45) is 3.52. The zero-order valence-corrected chi connectivity index (χ0v) is 12.6. The van der Waals surface area contributed by atoms with Gasteiger partial charge in [-0.25, -0.2) is 0 Å². The van der Waals surface area contributed by atoms with E-state index in [9.17, 15) is 4.79 Å². The SMILES string of the molecule is CCC(CCc1ccccc1)(CC(C)C)C(=O)OC. The maximum absolute atomic E-state index is 12.2. The van der Waals surface area contributed by atoms with Crippen LogP contribution in [-0.4, -0.2) is 13.1 Å². The van der Waals surface area contributed by atoms with Crippen LogP contribution in [0.4, 0.5) is 0 Å². The highest BCUT2D eigenvalue weighted by atomic mass is 16.5. The number of hydrogen-bond donors (Lipinski definition) is 0. The Kier molecular flexibility index (Phi) is 6.07. The van der Waals surface area contributed by atoms with E-state index in [1.807, 2.05) is 18.2 Å². The standard InChI is InChI=1S/C17H26O2/c1-5-17(13-14(2)3,16(18)19-4)12-11-15-9-7-6-8-10-15/h6-10,14H,5,11-13H2,1-4H3. The largest absolute Gasteiger partial charge is 0.469 e. The molecule has 0 amide bonds. The van der Waals surface area contributed by atoms with Crippen LogP contribution in [0.2, 0.25) is 0 Å². The van der Waals surface area contributed by atoms with Crippen molar-refractivity contribution in [2.75, 3.05) is 7.11 Å². The van der Waals surface area contributed by atoms with Gasteiger partial charge in [0.2, 0.25) is 0 Å². The van der Waals surface area contributed by atoms with Gasteiger partial charge < -0.3 is 4.74 Å². The summed E-state index contributed by atoms with van der Waals surface area (Å²) in [6, 6.07) is 10.3. The van der Waals surface area contributed by atoms with Crippen molar-refractivity contribution in [3.05, 3.63) is 35.9 Å². The number of ether oxygens (including phenoxy) is 1. The zero-order valence-electron chi connectivity index (χ0n) is 12.6. The van der Waals surface area contributed by atoms with Crippen molar-refractivity contribution >= 4 is 5.97 Å². The van der Waals surface area contributed by atoms with Crippen LogP contribution < -0.4 is 0 Å². The van der Waals surface area contributed by atoms with Crippen molar-refractivity contribution in [2.45, 2.75) is 46.5 Å². The van der Waals surface area contributed by atoms with E-state index >= 15 is 0 Å². The Labute approximate surface area is 117 Å². The van der Waals surface area contributed by atoms with Crippen molar-refractivity contribution in [3.63, 3.8) is 0 Å². The fourth-order valence-electron chi connectivity index (χ4n) is 2.78. The van der Waals surface area contributed by atoms with Crippen molar-refractivity contribution in [3.8, 4) is 0 Å². The predicted molar refractivity (Wildman–Crippen MR) is 79.0 cm³/mol. The molecule has 1 aromatic rings. The van der Waals surface area contributed by atoms with E-state index in [1.54, 1.807) is 0 Å². The minimum absolute atomic E-state index is 0.0559. The van der Waals surface area contributed by atoms with E-state index in [4.69, 9.17) is 4.74 Å². The van der Waals surface area contributed by atoms with Crippen LogP contribution in [0, 0.1) is 11.3 Å². The van der Waals surface area contributed by atoms with Crippen LogP contribution in [0.15, 0.2) is 30.3 Å². The maximum Gasteiger partial charge on any atom is 0.311 e. The van der Waals surface area contributed by atoms with Gasteiger partial charge in [0.1, 0.15) is 0 Å². The first kappa shape index (κ1) is 15.7. The van der Waals surface area contributed by atoms with Gasteiger partial charge in [-0.15, -0.1) is 0 Å². The van der Waals surface area contributed by atoms with E-state index in [0.717, 1.165) is 25.7 Å². The smallest absolute Gasteiger partial charge is 0.311 e. The summed E-state index contributed by atoms with van der Waals surface area (Å²) in [5, 5.41) is 0. The molecule has 0 bridgehead atoms. The molecule has 0 aliphatic carbocycles. The van der Waals surface area contributed by atoms with Gasteiger partial charge in [0.15, 0.2) is 0 Å². The van der Waals surface area contributed by atoms with Gasteiger partial charge >= 0.3 is 5.97 Å². The molecule has 0 saturated carbocycles. The molecule has 106 valence electrons. The first-order valence-electron chi connectivity index (χ1n) is 7.16. The highest BCUT2D eigenvalue weighted by molar-refractivity contribution is 5.76. The molecule has 0 radical (unpaired) electrons. The van der Waals surface area contributed by atoms with E-state index in [0.29, 0.717) is 5.92 Å². The van der Waals surface area contributed by atoms with E-state index < -0.39 is 0 Å². The van der Waals surface area contributed by atoms with Gasteiger partial charge in [0.25, 0.3) is 0 Å². The Bertz CT molecular complexity index is 384. The van der Waals surface area contributed by atoms with Crippen LogP contribution in [0.3, 0.4) is 0 Å². The second-order valence-electron chi connectivity index (χ2n) is 5.71. The highest BCUT2D eigenvalue weighted by Crippen LogP contribution is 2.36. The molecule has 0 spiro atoms. The monoisotopic (exact) mass is 262 g/mol. The Morgan fingerprint density at radius 3 is 2.37 bits per heavy atom. The van der Waals surface area contributed by atoms with Crippen molar-refractivity contribution in [1.82, 2.24) is 0 Å². The second-order valence-corrected chi connectivity index (χ2v) is 5.71. The molecule has 1 atom stereocenters. The van der Waals surface area contributed by atoms with Crippen molar-refractivity contribution in [1.29, 1.82) is 0 Å². The van der Waals surface area contributed by atoms with Crippen molar-refractivity contribution in [2.24, 2.45) is 11.3 Å². The van der Waals surface area contributed by atoms with Crippen LogP contribution in [0.25, 0.3) is 0 Å². The quantitative estimate of drug-likeness (QED) is 0.687. The lowest BCUT2D eigenvalue weighted by Gasteiger charge is -2.31. The molecule has 0 fully saturated rings. The maximum atomic E-state index is 12.2. The predicted octanol–water partition coefficient (Wildman–Crippen LogP) is 4.23. The summed E-state index contributed by atoms with van der Waals surface area (Å²) in [4.78, 5) is 12.2. The van der Waals surface area contributed by atoms with Gasteiger partial charge in [-0.1, -0.05) is 51.1 Å². The van der Waals surface area contributed by atoms with E-state index in [-0.39, 0.29) is 11.4 Å². The molecule has 0 aromatic heterocycles. The number of hydrogen-bond acceptors (Lipinski definition) is 2. The molecular formula is C17H26O2. The van der Waals surface area contributed by atoms with Gasteiger partial charge in [0.05, 0.1) is 12.5 Å². The number of methoxy groups -OCH3 is 1. The number of benzene rings is 1. The summed E-state index contributed by atoms with van der Waals surface area (Å²) in [6.45, 7) is 6.41. The minimum Gasteiger partial charge on any atom is -0.469 e. The lowest BCUT2D eigenvalue weighted by molar-refractivity contribution is -0.154. The van der Waals surface area contributed by atoms with Crippen LogP contribution in [-0.2, 0) is 16.0 Å². The number of rotatable bonds is 7. The molecule has 1 aromatic carbocycles. The third-order valence-corrected chi connectivity index (χ3v) is 3.83. The molecule has 19 heavy (non-hydrogen) atoms. The summed E-state index contributed by atoms with van der Waals surface area (Å²) < 4.78 is 5.06. The van der Waals surface area contributed by atoms with E-state index in [1.165, 1.54) is 12.7 Å². The molecule has 0 aliphatic heterocycles. The topological polar surface area (TPSA) is 26.3 Å². The summed E-state index contributed by atoms with van der Waals surface area (Å²) in [5.41, 5.74) is 0.951. The second kappa shape index (κ2) is 7.32. The number of esters is 1. The Hall–Kier alpha value is -1.31. The van der Waals surface area contributed by atoms with Gasteiger partial charge in [-0.2, -0.15) is 0 Å². The molecule has 2 nitrogen and oxygen atoms in total. The van der Waals surface area contributed by atoms with Crippen LogP contribution in [0.5, 0.6) is 0 Å². The molecule has 2 heteroatoms. The van der Waals surface area contributed by atoms with E-state index in [2.05, 4.69) is 32.9 Å². The first-order chi connectivity index (χ1) is 9.04. The molecule has 0 heterocycles. The fraction of sp³-hybridized carbons (Fsp3) is 0.588. The third kappa shape index (κ3) is 4.38. The summed E-state index contributed by atoms with van der Waals surface area (Å²) in [5.74, 6) is 0.439. The van der Waals surface area contributed by atoms with Gasteiger partial charge in [-0.3, -0.25) is 4.79 Å².